The lowest BCUT2D eigenvalue weighted by Gasteiger charge is -2.42. The second kappa shape index (κ2) is 11.9. The second-order valence-corrected chi connectivity index (χ2v) is 10.5. The highest BCUT2D eigenvalue weighted by Crippen LogP contribution is 2.39. The van der Waals surface area contributed by atoms with E-state index in [0.29, 0.717) is 37.6 Å². The summed E-state index contributed by atoms with van der Waals surface area (Å²) in [5.41, 5.74) is 0.807. The monoisotopic (exact) mass is 521 g/mol. The minimum Gasteiger partial charge on any atom is -0.464 e. The molecule has 2 aromatic rings. The van der Waals surface area contributed by atoms with Crippen molar-refractivity contribution in [2.24, 2.45) is 11.8 Å². The average molecular weight is 522 g/mol. The number of halogens is 3. The van der Waals surface area contributed by atoms with E-state index < -0.39 is 18.1 Å². The van der Waals surface area contributed by atoms with Gasteiger partial charge in [0.2, 0.25) is 0 Å². The Bertz CT molecular complexity index is 1050. The van der Waals surface area contributed by atoms with Gasteiger partial charge in [0.1, 0.15) is 17.7 Å². The van der Waals surface area contributed by atoms with Gasteiger partial charge in [-0.15, -0.1) is 0 Å². The summed E-state index contributed by atoms with van der Waals surface area (Å²) < 4.78 is 44.3. The zero-order valence-electron chi connectivity index (χ0n) is 21.9. The molecule has 7 nitrogen and oxygen atoms in total. The number of para-hydroxylation sites is 1. The summed E-state index contributed by atoms with van der Waals surface area (Å²) in [4.78, 5) is 26.8. The van der Waals surface area contributed by atoms with Crippen LogP contribution in [0.25, 0.3) is 10.9 Å². The van der Waals surface area contributed by atoms with Gasteiger partial charge in [-0.2, -0.15) is 13.2 Å². The van der Waals surface area contributed by atoms with Crippen LogP contribution in [0.15, 0.2) is 24.3 Å². The molecule has 0 bridgehead atoms. The highest BCUT2D eigenvalue weighted by atomic mass is 19.4. The molecule has 0 unspecified atom stereocenters. The smallest absolute Gasteiger partial charge is 0.391 e. The Labute approximate surface area is 216 Å². The Balaban J connectivity index is 1.40. The van der Waals surface area contributed by atoms with Gasteiger partial charge in [-0.3, -0.25) is 9.80 Å². The van der Waals surface area contributed by atoms with Gasteiger partial charge >= 0.3 is 12.1 Å². The van der Waals surface area contributed by atoms with Crippen molar-refractivity contribution in [3.8, 4) is 0 Å². The lowest BCUT2D eigenvalue weighted by molar-refractivity contribution is -0.184. The van der Waals surface area contributed by atoms with Crippen LogP contribution >= 0.6 is 0 Å². The molecule has 0 radical (unpaired) electrons. The topological polar surface area (TPSA) is 70.6 Å². The molecule has 204 valence electrons. The van der Waals surface area contributed by atoms with Crippen LogP contribution in [-0.4, -0.2) is 76.8 Å². The zero-order chi connectivity index (χ0) is 26.6. The van der Waals surface area contributed by atoms with Gasteiger partial charge in [-0.1, -0.05) is 26.0 Å². The maximum Gasteiger partial charge on any atom is 0.391 e. The van der Waals surface area contributed by atoms with Crippen molar-refractivity contribution in [2.45, 2.75) is 71.3 Å². The van der Waals surface area contributed by atoms with Gasteiger partial charge in [0.25, 0.3) is 0 Å². The van der Waals surface area contributed by atoms with Crippen molar-refractivity contribution in [3.05, 3.63) is 30.1 Å². The molecule has 1 aromatic carbocycles. The van der Waals surface area contributed by atoms with Crippen LogP contribution in [0.2, 0.25) is 0 Å². The Morgan fingerprint density at radius 1 is 1.08 bits per heavy atom. The summed E-state index contributed by atoms with van der Waals surface area (Å²) in [5.74, 6) is -0.145. The van der Waals surface area contributed by atoms with E-state index in [1.165, 1.54) is 0 Å². The van der Waals surface area contributed by atoms with Crippen LogP contribution in [0.5, 0.6) is 0 Å². The number of anilines is 1. The zero-order valence-corrected chi connectivity index (χ0v) is 21.9. The molecule has 2 fully saturated rings. The van der Waals surface area contributed by atoms with Crippen LogP contribution < -0.4 is 5.32 Å². The van der Waals surface area contributed by atoms with E-state index in [4.69, 9.17) is 14.7 Å². The summed E-state index contributed by atoms with van der Waals surface area (Å²) >= 11 is 0. The fourth-order valence-electron chi connectivity index (χ4n) is 5.44. The van der Waals surface area contributed by atoms with E-state index in [-0.39, 0.29) is 30.8 Å². The number of benzene rings is 1. The van der Waals surface area contributed by atoms with E-state index in [1.54, 1.807) is 6.92 Å². The van der Waals surface area contributed by atoms with Crippen molar-refractivity contribution >= 4 is 22.7 Å². The van der Waals surface area contributed by atoms with Gasteiger partial charge in [-0.05, 0) is 50.7 Å². The number of esters is 1. The molecule has 1 aliphatic carbocycles. The normalized spacial score (nSPS) is 22.8. The number of ether oxygens (including phenoxy) is 1. The predicted molar refractivity (Wildman–Crippen MR) is 137 cm³/mol. The Morgan fingerprint density at radius 3 is 2.38 bits per heavy atom. The van der Waals surface area contributed by atoms with E-state index >= 15 is 0 Å². The third-order valence-corrected chi connectivity index (χ3v) is 7.60. The third kappa shape index (κ3) is 6.90. The second-order valence-electron chi connectivity index (χ2n) is 10.5. The maximum absolute atomic E-state index is 13.0. The molecule has 0 spiro atoms. The quantitative estimate of drug-likeness (QED) is 0.497. The van der Waals surface area contributed by atoms with Crippen LogP contribution in [0, 0.1) is 11.8 Å². The fraction of sp³-hybridized carbons (Fsp3) is 0.667. The Kier molecular flexibility index (Phi) is 8.90. The number of hydrogen-bond acceptors (Lipinski definition) is 7. The lowest BCUT2D eigenvalue weighted by Crippen LogP contribution is -2.51. The largest absolute Gasteiger partial charge is 0.464 e. The maximum atomic E-state index is 13.0. The molecule has 1 aliphatic heterocycles. The van der Waals surface area contributed by atoms with E-state index in [1.807, 2.05) is 38.1 Å². The first-order chi connectivity index (χ1) is 17.7. The molecule has 10 heteroatoms. The van der Waals surface area contributed by atoms with Crippen LogP contribution in [0.1, 0.15) is 52.3 Å². The molecular formula is C27H38F3N5O2. The molecule has 1 N–H and O–H groups in total. The number of carbonyl (C=O) groups excluding carboxylic acids is 1. The van der Waals surface area contributed by atoms with E-state index in [0.717, 1.165) is 37.1 Å². The number of rotatable bonds is 8. The van der Waals surface area contributed by atoms with Gasteiger partial charge < -0.3 is 10.1 Å². The van der Waals surface area contributed by atoms with Crippen molar-refractivity contribution in [2.75, 3.05) is 38.1 Å². The number of carbonyl (C=O) groups is 1. The molecule has 1 saturated heterocycles. The molecule has 1 saturated carbocycles. The van der Waals surface area contributed by atoms with Crippen molar-refractivity contribution < 1.29 is 22.7 Å². The van der Waals surface area contributed by atoms with Crippen molar-refractivity contribution in [1.82, 2.24) is 19.8 Å². The van der Waals surface area contributed by atoms with Gasteiger partial charge in [-0.25, -0.2) is 14.8 Å². The number of piperazine rings is 1. The lowest BCUT2D eigenvalue weighted by atomic mass is 9.84. The van der Waals surface area contributed by atoms with Crippen LogP contribution in [0.4, 0.5) is 19.0 Å². The van der Waals surface area contributed by atoms with Gasteiger partial charge in [0.15, 0.2) is 0 Å². The summed E-state index contributed by atoms with van der Waals surface area (Å²) in [6, 6.07) is 7.45. The first-order valence-electron chi connectivity index (χ1n) is 13.4. The molecular weight excluding hydrogens is 483 g/mol. The van der Waals surface area contributed by atoms with Crippen molar-refractivity contribution in [3.63, 3.8) is 0 Å². The van der Waals surface area contributed by atoms with Gasteiger partial charge in [0, 0.05) is 37.6 Å². The molecule has 37 heavy (non-hydrogen) atoms. The summed E-state index contributed by atoms with van der Waals surface area (Å²) in [5, 5.41) is 4.16. The average Bonchev–Trinajstić information content (AvgIpc) is 2.87. The van der Waals surface area contributed by atoms with Crippen molar-refractivity contribution in [1.29, 1.82) is 0 Å². The fourth-order valence-corrected chi connectivity index (χ4v) is 5.44. The van der Waals surface area contributed by atoms with Crippen LogP contribution in [-0.2, 0) is 16.1 Å². The first kappa shape index (κ1) is 27.6. The SMILES string of the molecule is CCOC(=O)[C@@H](Nc1nc(CN2CCN(C3CCC(C(F)(F)F)CC3)CC2)nc2ccccc12)C(C)C. The summed E-state index contributed by atoms with van der Waals surface area (Å²) in [6.45, 7) is 9.90. The number of nitrogens with zero attached hydrogens (tertiary/aromatic N) is 4. The number of hydrogen-bond donors (Lipinski definition) is 1. The third-order valence-electron chi connectivity index (χ3n) is 7.60. The number of nitrogens with one attached hydrogen (secondary N) is 1. The molecule has 2 aliphatic rings. The molecule has 1 aromatic heterocycles. The number of aromatic nitrogens is 2. The first-order valence-corrected chi connectivity index (χ1v) is 13.4. The molecule has 2 heterocycles. The predicted octanol–water partition coefficient (Wildman–Crippen LogP) is 4.87. The standard InChI is InChI=1S/C27H38F3N5O2/c1-4-37-26(36)24(18(2)3)33-25-21-7-5-6-8-22(21)31-23(32-25)17-34-13-15-35(16-14-34)20-11-9-19(10-12-20)27(28,29)30/h5-8,18-20,24H,4,9-17H2,1-3H3,(H,31,32,33)/t19?,20?,24-/m0/s1. The number of alkyl halides is 3. The minimum atomic E-state index is -4.07. The Hall–Kier alpha value is -2.46. The highest BCUT2D eigenvalue weighted by molar-refractivity contribution is 5.91. The molecule has 1 atom stereocenters. The van der Waals surface area contributed by atoms with Gasteiger partial charge in [0.05, 0.1) is 24.6 Å². The summed E-state index contributed by atoms with van der Waals surface area (Å²) in [7, 11) is 0. The number of fused-ring (bicyclic) bond motifs is 1. The Morgan fingerprint density at radius 2 is 1.76 bits per heavy atom. The van der Waals surface area contributed by atoms with E-state index in [9.17, 15) is 18.0 Å². The highest BCUT2D eigenvalue weighted by Gasteiger charge is 2.42. The molecule has 4 rings (SSSR count). The minimum absolute atomic E-state index is 0.00973. The van der Waals surface area contributed by atoms with E-state index in [2.05, 4.69) is 15.1 Å². The molecule has 0 amide bonds. The summed E-state index contributed by atoms with van der Waals surface area (Å²) in [6.07, 6.45) is -2.37. The van der Waals surface area contributed by atoms with Crippen LogP contribution in [0.3, 0.4) is 0 Å².